The van der Waals surface area contributed by atoms with Gasteiger partial charge in [0.2, 0.25) is 0 Å². The van der Waals surface area contributed by atoms with E-state index in [0.29, 0.717) is 30.6 Å². The van der Waals surface area contributed by atoms with E-state index >= 15 is 0 Å². The average Bonchev–Trinajstić information content (AvgIpc) is 2.85. The van der Waals surface area contributed by atoms with Gasteiger partial charge in [0.25, 0.3) is 5.79 Å². The Morgan fingerprint density at radius 3 is 2.73 bits per heavy atom. The van der Waals surface area contributed by atoms with Crippen molar-refractivity contribution in [2.24, 2.45) is 29.1 Å². The van der Waals surface area contributed by atoms with Crippen molar-refractivity contribution < 1.29 is 19.4 Å². The van der Waals surface area contributed by atoms with Crippen LogP contribution in [-0.4, -0.2) is 22.7 Å². The fraction of sp³-hybridized carbons (Fsp3) is 0.682. The molecule has 0 aromatic heterocycles. The average molecular weight is 354 g/mol. The molecule has 1 aliphatic heterocycles. The van der Waals surface area contributed by atoms with E-state index in [1.807, 2.05) is 0 Å². The van der Waals surface area contributed by atoms with Crippen LogP contribution >= 0.6 is 0 Å². The van der Waals surface area contributed by atoms with Crippen LogP contribution in [0.25, 0.3) is 0 Å². The van der Waals surface area contributed by atoms with Gasteiger partial charge in [-0.25, -0.2) is 4.79 Å². The highest BCUT2D eigenvalue weighted by atomic mass is 16.9. The van der Waals surface area contributed by atoms with Gasteiger partial charge in [0.1, 0.15) is 5.60 Å². The van der Waals surface area contributed by atoms with Gasteiger partial charge in [-0.3, -0.25) is 0 Å². The topological polar surface area (TPSA) is 55.8 Å². The molecule has 4 heteroatoms. The Morgan fingerprint density at radius 2 is 2.04 bits per heavy atom. The number of ether oxygens (including phenoxy) is 2. The normalized spacial score (nSPS) is 48.1. The van der Waals surface area contributed by atoms with Crippen LogP contribution in [0.1, 0.15) is 51.9 Å². The Morgan fingerprint density at radius 1 is 1.27 bits per heavy atom. The first-order valence-electron chi connectivity index (χ1n) is 9.82. The predicted octanol–water partition coefficient (Wildman–Crippen LogP) is 3.95. The maximum Gasteiger partial charge on any atom is 0.514 e. The number of carbonyl (C=O) groups is 1. The van der Waals surface area contributed by atoms with E-state index in [9.17, 15) is 9.90 Å². The molecule has 4 aliphatic carbocycles. The number of rotatable bonds is 0. The molecular formula is C22H26O4. The number of terminal acetylenes is 1. The van der Waals surface area contributed by atoms with Crippen molar-refractivity contribution in [3.05, 3.63) is 23.8 Å². The smallest absolute Gasteiger partial charge is 0.390 e. The Bertz CT molecular complexity index is 766. The third-order valence-electron chi connectivity index (χ3n) is 8.33. The molecule has 1 heterocycles. The molecule has 0 radical (unpaired) electrons. The van der Waals surface area contributed by atoms with Crippen LogP contribution in [0.15, 0.2) is 23.8 Å². The number of allylic oxidation sites excluding steroid dienone is 1. The minimum atomic E-state index is -0.989. The summed E-state index contributed by atoms with van der Waals surface area (Å²) in [5.41, 5.74) is 1.10. The van der Waals surface area contributed by atoms with Crippen molar-refractivity contribution in [2.75, 3.05) is 0 Å². The first kappa shape index (κ1) is 16.4. The van der Waals surface area contributed by atoms with Crippen LogP contribution in [0.5, 0.6) is 0 Å². The number of hydrogen-bond donors (Lipinski definition) is 1. The molecule has 6 atom stereocenters. The molecule has 0 bridgehead atoms. The molecule has 5 rings (SSSR count). The van der Waals surface area contributed by atoms with Crippen molar-refractivity contribution in [1.82, 2.24) is 0 Å². The summed E-state index contributed by atoms with van der Waals surface area (Å²) in [6.45, 7) is 6.29. The molecule has 0 aromatic rings. The zero-order valence-electron chi connectivity index (χ0n) is 15.3. The highest BCUT2D eigenvalue weighted by Crippen LogP contribution is 2.66. The zero-order valence-corrected chi connectivity index (χ0v) is 15.3. The standard InChI is InChI=1S/C22H26O4/c1-4-21(24)10-8-17-15-6-5-14-11-13(2)12-22(25-19(23)26-22)18(14)16(15)7-9-20(17,21)3/h1,11,15-18,24H,2,5-10,12H2,3H3/t15-,16+,17+,18+,20+,21+/m1/s1. The molecule has 4 fully saturated rings. The lowest BCUT2D eigenvalue weighted by atomic mass is 9.49. The Hall–Kier alpha value is -1.73. The Balaban J connectivity index is 1.52. The van der Waals surface area contributed by atoms with Gasteiger partial charge in [-0.2, -0.15) is 0 Å². The Labute approximate surface area is 154 Å². The van der Waals surface area contributed by atoms with E-state index < -0.39 is 17.5 Å². The minimum absolute atomic E-state index is 0.119. The summed E-state index contributed by atoms with van der Waals surface area (Å²) < 4.78 is 11.2. The maximum atomic E-state index is 11.5. The van der Waals surface area contributed by atoms with Crippen molar-refractivity contribution in [2.45, 2.75) is 63.3 Å². The molecule has 1 N–H and O–H groups in total. The van der Waals surface area contributed by atoms with E-state index in [-0.39, 0.29) is 11.3 Å². The minimum Gasteiger partial charge on any atom is -0.390 e. The second-order valence-corrected chi connectivity index (χ2v) is 9.27. The largest absolute Gasteiger partial charge is 0.514 e. The van der Waals surface area contributed by atoms with Gasteiger partial charge in [0, 0.05) is 5.41 Å². The summed E-state index contributed by atoms with van der Waals surface area (Å²) >= 11 is 0. The van der Waals surface area contributed by atoms with Crippen molar-refractivity contribution in [3.8, 4) is 12.3 Å². The molecule has 0 aromatic carbocycles. The zero-order chi connectivity index (χ0) is 18.3. The second-order valence-electron chi connectivity index (χ2n) is 9.27. The fourth-order valence-corrected chi connectivity index (χ4v) is 7.16. The first-order chi connectivity index (χ1) is 12.3. The highest BCUT2D eigenvalue weighted by Gasteiger charge is 2.67. The Kier molecular flexibility index (Phi) is 3.13. The summed E-state index contributed by atoms with van der Waals surface area (Å²) in [5, 5.41) is 11.1. The summed E-state index contributed by atoms with van der Waals surface area (Å²) in [7, 11) is 0. The quantitative estimate of drug-likeness (QED) is 0.529. The van der Waals surface area contributed by atoms with Gasteiger partial charge in [-0.15, -0.1) is 6.42 Å². The SMILES string of the molecule is C#C[C@]1(O)CC[C@H]2[C@@H]3CCC4=CC(=C)CC5(OC(=O)O5)[C@@H]4[C@H]3CC[C@@]21C. The van der Waals surface area contributed by atoms with Gasteiger partial charge >= 0.3 is 6.16 Å². The molecular weight excluding hydrogens is 328 g/mol. The van der Waals surface area contributed by atoms with Gasteiger partial charge < -0.3 is 14.6 Å². The second kappa shape index (κ2) is 4.95. The summed E-state index contributed by atoms with van der Waals surface area (Å²) in [6.07, 6.45) is 13.6. The van der Waals surface area contributed by atoms with Crippen molar-refractivity contribution in [1.29, 1.82) is 0 Å². The van der Waals surface area contributed by atoms with Crippen molar-refractivity contribution >= 4 is 6.16 Å². The number of hydrogen-bond acceptors (Lipinski definition) is 4. The summed E-state index contributed by atoms with van der Waals surface area (Å²) in [5.74, 6) is 3.32. The molecule has 26 heavy (non-hydrogen) atoms. The van der Waals surface area contributed by atoms with Gasteiger partial charge in [-0.1, -0.05) is 31.1 Å². The molecule has 4 nitrogen and oxygen atoms in total. The molecule has 0 unspecified atom stereocenters. The fourth-order valence-electron chi connectivity index (χ4n) is 7.16. The van der Waals surface area contributed by atoms with Gasteiger partial charge in [0.05, 0.1) is 12.3 Å². The van der Waals surface area contributed by atoms with Crippen LogP contribution < -0.4 is 0 Å². The highest BCUT2D eigenvalue weighted by molar-refractivity contribution is 5.67. The molecule has 5 aliphatic rings. The van der Waals surface area contributed by atoms with Crippen LogP contribution in [0.3, 0.4) is 0 Å². The van der Waals surface area contributed by atoms with E-state index in [1.165, 1.54) is 5.57 Å². The monoisotopic (exact) mass is 354 g/mol. The number of aliphatic hydroxyl groups is 1. The van der Waals surface area contributed by atoms with E-state index in [0.717, 1.165) is 37.7 Å². The van der Waals surface area contributed by atoms with Crippen LogP contribution in [0.4, 0.5) is 4.79 Å². The van der Waals surface area contributed by atoms with E-state index in [2.05, 4.69) is 25.5 Å². The van der Waals surface area contributed by atoms with Crippen LogP contribution in [-0.2, 0) is 9.47 Å². The lowest BCUT2D eigenvalue weighted by molar-refractivity contribution is -0.308. The lowest BCUT2D eigenvalue weighted by Crippen LogP contribution is -2.62. The molecule has 138 valence electrons. The van der Waals surface area contributed by atoms with Gasteiger partial charge in [0.15, 0.2) is 0 Å². The molecule has 0 amide bonds. The third-order valence-corrected chi connectivity index (χ3v) is 8.33. The van der Waals surface area contributed by atoms with E-state index in [1.54, 1.807) is 0 Å². The van der Waals surface area contributed by atoms with Gasteiger partial charge in [-0.05, 0) is 61.9 Å². The first-order valence-corrected chi connectivity index (χ1v) is 9.82. The van der Waals surface area contributed by atoms with Crippen LogP contribution in [0, 0.1) is 41.4 Å². The van der Waals surface area contributed by atoms with Crippen molar-refractivity contribution in [3.63, 3.8) is 0 Å². The molecule has 1 saturated heterocycles. The maximum absolute atomic E-state index is 11.5. The summed E-state index contributed by atoms with van der Waals surface area (Å²) in [4.78, 5) is 11.5. The van der Waals surface area contributed by atoms with E-state index in [4.69, 9.17) is 15.9 Å². The number of fused-ring (bicyclic) bond motifs is 6. The summed E-state index contributed by atoms with van der Waals surface area (Å²) in [6, 6.07) is 0. The van der Waals surface area contributed by atoms with Crippen LogP contribution in [0.2, 0.25) is 0 Å². The molecule has 1 spiro atoms. The predicted molar refractivity (Wildman–Crippen MR) is 95.7 cm³/mol. The third kappa shape index (κ3) is 1.83. The lowest BCUT2D eigenvalue weighted by Gasteiger charge is -2.59. The molecule has 3 saturated carbocycles. The number of carbonyl (C=O) groups excluding carboxylic acids is 1.